The summed E-state index contributed by atoms with van der Waals surface area (Å²) in [6.07, 6.45) is -3.90. The number of carbonyl (C=O) groups is 1. The van der Waals surface area contributed by atoms with Crippen molar-refractivity contribution >= 4 is 27.3 Å². The molecule has 2 aromatic carbocycles. The summed E-state index contributed by atoms with van der Waals surface area (Å²) in [5.41, 5.74) is -0.607. The van der Waals surface area contributed by atoms with Crippen molar-refractivity contribution in [1.82, 2.24) is 5.32 Å². The average molecular weight is 410 g/mol. The number of sulfone groups is 1. The Morgan fingerprint density at radius 1 is 1.12 bits per heavy atom. The van der Waals surface area contributed by atoms with Crippen LogP contribution in [0.1, 0.15) is 22.0 Å². The van der Waals surface area contributed by atoms with Crippen molar-refractivity contribution < 1.29 is 30.8 Å². The standard InChI is InChI=1S/C16H12ClF4NO3S/c1-26(24,25)11-5-2-9(3-6-11)15(23)22-14(16(19,20)21)10-4-7-13(18)12(17)8-10/h2-8,14H,1H3,(H,22,23). The molecule has 0 saturated carbocycles. The van der Waals surface area contributed by atoms with Crippen LogP contribution in [0.5, 0.6) is 0 Å². The molecule has 1 N–H and O–H groups in total. The highest BCUT2D eigenvalue weighted by Crippen LogP contribution is 2.34. The summed E-state index contributed by atoms with van der Waals surface area (Å²) < 4.78 is 75.8. The summed E-state index contributed by atoms with van der Waals surface area (Å²) in [5, 5.41) is 1.29. The first-order chi connectivity index (χ1) is 11.9. The molecule has 4 nitrogen and oxygen atoms in total. The van der Waals surface area contributed by atoms with E-state index < -0.39 is 44.4 Å². The van der Waals surface area contributed by atoms with Gasteiger partial charge in [-0.2, -0.15) is 13.2 Å². The Labute approximate surface area is 151 Å². The molecule has 140 valence electrons. The van der Waals surface area contributed by atoms with Crippen molar-refractivity contribution in [3.05, 3.63) is 64.4 Å². The summed E-state index contributed by atoms with van der Waals surface area (Å²) in [5.74, 6) is -1.97. The van der Waals surface area contributed by atoms with E-state index in [-0.39, 0.29) is 10.5 Å². The third-order valence-corrected chi connectivity index (χ3v) is 4.84. The lowest BCUT2D eigenvalue weighted by molar-refractivity contribution is -0.155. The predicted octanol–water partition coefficient (Wildman–Crippen LogP) is 3.92. The largest absolute Gasteiger partial charge is 0.412 e. The third kappa shape index (κ3) is 4.73. The first-order valence-corrected chi connectivity index (χ1v) is 9.29. The molecule has 0 aliphatic carbocycles. The molecule has 0 fully saturated rings. The molecule has 1 unspecified atom stereocenters. The summed E-state index contributed by atoms with van der Waals surface area (Å²) in [4.78, 5) is 12.0. The summed E-state index contributed by atoms with van der Waals surface area (Å²) in [6.45, 7) is 0. The average Bonchev–Trinajstić information content (AvgIpc) is 2.53. The molecular weight excluding hydrogens is 398 g/mol. The lowest BCUT2D eigenvalue weighted by atomic mass is 10.1. The minimum atomic E-state index is -4.86. The lowest BCUT2D eigenvalue weighted by Gasteiger charge is -2.22. The molecular formula is C16H12ClF4NO3S. The molecule has 0 saturated heterocycles. The minimum Gasteiger partial charge on any atom is -0.337 e. The quantitative estimate of drug-likeness (QED) is 0.779. The Kier molecular flexibility index (Phi) is 5.62. The van der Waals surface area contributed by atoms with E-state index in [4.69, 9.17) is 11.6 Å². The van der Waals surface area contributed by atoms with Crippen LogP contribution in [0, 0.1) is 5.82 Å². The number of nitrogens with one attached hydrogen (secondary N) is 1. The van der Waals surface area contributed by atoms with Gasteiger partial charge in [-0.25, -0.2) is 12.8 Å². The normalized spacial score (nSPS) is 13.3. The fourth-order valence-corrected chi connectivity index (χ4v) is 2.93. The van der Waals surface area contributed by atoms with Gasteiger partial charge in [-0.1, -0.05) is 17.7 Å². The number of halogens is 5. The Balaban J connectivity index is 2.31. The minimum absolute atomic E-state index is 0.0771. The molecule has 1 amide bonds. The third-order valence-electron chi connectivity index (χ3n) is 3.42. The molecule has 2 rings (SSSR count). The van der Waals surface area contributed by atoms with Gasteiger partial charge in [-0.15, -0.1) is 0 Å². The summed E-state index contributed by atoms with van der Waals surface area (Å²) >= 11 is 5.51. The molecule has 0 aliphatic rings. The Hall–Kier alpha value is -2.13. The van der Waals surface area contributed by atoms with E-state index in [9.17, 15) is 30.8 Å². The first kappa shape index (κ1) is 20.2. The molecule has 26 heavy (non-hydrogen) atoms. The van der Waals surface area contributed by atoms with Gasteiger partial charge in [0.15, 0.2) is 15.9 Å². The molecule has 0 aromatic heterocycles. The van der Waals surface area contributed by atoms with Gasteiger partial charge in [-0.3, -0.25) is 4.79 Å². The van der Waals surface area contributed by atoms with Gasteiger partial charge in [0.05, 0.1) is 9.92 Å². The van der Waals surface area contributed by atoms with E-state index >= 15 is 0 Å². The van der Waals surface area contributed by atoms with Crippen LogP contribution in [0.4, 0.5) is 17.6 Å². The molecule has 0 spiro atoms. The number of alkyl halides is 3. The Bertz CT molecular complexity index is 928. The van der Waals surface area contributed by atoms with Gasteiger partial charge < -0.3 is 5.32 Å². The maximum atomic E-state index is 13.3. The van der Waals surface area contributed by atoms with E-state index in [1.807, 2.05) is 0 Å². The Morgan fingerprint density at radius 2 is 1.69 bits per heavy atom. The molecule has 1 atom stereocenters. The van der Waals surface area contributed by atoms with Crippen molar-refractivity contribution in [3.63, 3.8) is 0 Å². The molecule has 0 aliphatic heterocycles. The van der Waals surface area contributed by atoms with Crippen LogP contribution in [0.2, 0.25) is 5.02 Å². The maximum Gasteiger partial charge on any atom is 0.412 e. The lowest BCUT2D eigenvalue weighted by Crippen LogP contribution is -2.38. The van der Waals surface area contributed by atoms with Crippen LogP contribution < -0.4 is 5.32 Å². The highest BCUT2D eigenvalue weighted by Gasteiger charge is 2.42. The zero-order chi connectivity index (χ0) is 19.7. The fraction of sp³-hybridized carbons (Fsp3) is 0.188. The zero-order valence-electron chi connectivity index (χ0n) is 13.1. The van der Waals surface area contributed by atoms with E-state index in [2.05, 4.69) is 0 Å². The highest BCUT2D eigenvalue weighted by atomic mass is 35.5. The second kappa shape index (κ2) is 7.24. The SMILES string of the molecule is CS(=O)(=O)c1ccc(C(=O)NC(c2ccc(F)c(Cl)c2)C(F)(F)F)cc1. The topological polar surface area (TPSA) is 63.2 Å². The Morgan fingerprint density at radius 3 is 2.15 bits per heavy atom. The second-order valence-corrected chi connectivity index (χ2v) is 7.84. The summed E-state index contributed by atoms with van der Waals surface area (Å²) in [7, 11) is -3.51. The predicted molar refractivity (Wildman–Crippen MR) is 87.2 cm³/mol. The number of hydrogen-bond acceptors (Lipinski definition) is 3. The number of amides is 1. The van der Waals surface area contributed by atoms with E-state index in [1.165, 1.54) is 0 Å². The van der Waals surface area contributed by atoms with Gasteiger partial charge >= 0.3 is 6.18 Å². The van der Waals surface area contributed by atoms with Crippen LogP contribution in [-0.2, 0) is 9.84 Å². The molecule has 10 heteroatoms. The second-order valence-electron chi connectivity index (χ2n) is 5.42. The number of benzene rings is 2. The van der Waals surface area contributed by atoms with Crippen LogP contribution in [0.15, 0.2) is 47.4 Å². The maximum absolute atomic E-state index is 13.3. The van der Waals surface area contributed by atoms with Crippen molar-refractivity contribution in [2.24, 2.45) is 0 Å². The van der Waals surface area contributed by atoms with Crippen molar-refractivity contribution in [1.29, 1.82) is 0 Å². The van der Waals surface area contributed by atoms with E-state index in [0.29, 0.717) is 0 Å². The van der Waals surface area contributed by atoms with Gasteiger partial charge in [0.2, 0.25) is 0 Å². The smallest absolute Gasteiger partial charge is 0.337 e. The number of carbonyl (C=O) groups excluding carboxylic acids is 1. The molecule has 0 bridgehead atoms. The van der Waals surface area contributed by atoms with Gasteiger partial charge in [-0.05, 0) is 42.0 Å². The number of hydrogen-bond donors (Lipinski definition) is 1. The van der Waals surface area contributed by atoms with Crippen molar-refractivity contribution in [2.45, 2.75) is 17.1 Å². The zero-order valence-corrected chi connectivity index (χ0v) is 14.7. The van der Waals surface area contributed by atoms with Gasteiger partial charge in [0, 0.05) is 11.8 Å². The van der Waals surface area contributed by atoms with E-state index in [1.54, 1.807) is 5.32 Å². The fourth-order valence-electron chi connectivity index (χ4n) is 2.11. The first-order valence-electron chi connectivity index (χ1n) is 7.02. The highest BCUT2D eigenvalue weighted by molar-refractivity contribution is 7.90. The van der Waals surface area contributed by atoms with E-state index in [0.717, 1.165) is 48.7 Å². The monoisotopic (exact) mass is 409 g/mol. The van der Waals surface area contributed by atoms with Crippen LogP contribution in [0.25, 0.3) is 0 Å². The van der Waals surface area contributed by atoms with Crippen molar-refractivity contribution in [3.8, 4) is 0 Å². The van der Waals surface area contributed by atoms with Gasteiger partial charge in [0.25, 0.3) is 5.91 Å². The molecule has 0 radical (unpaired) electrons. The van der Waals surface area contributed by atoms with Gasteiger partial charge in [0.1, 0.15) is 5.82 Å². The van der Waals surface area contributed by atoms with Crippen LogP contribution in [-0.4, -0.2) is 26.8 Å². The van der Waals surface area contributed by atoms with Crippen molar-refractivity contribution in [2.75, 3.05) is 6.26 Å². The molecule has 0 heterocycles. The van der Waals surface area contributed by atoms with Crippen LogP contribution >= 0.6 is 11.6 Å². The summed E-state index contributed by atoms with van der Waals surface area (Å²) in [6, 6.07) is 4.41. The number of rotatable bonds is 4. The van der Waals surface area contributed by atoms with Crippen LogP contribution in [0.3, 0.4) is 0 Å². The molecule has 2 aromatic rings.